The summed E-state index contributed by atoms with van der Waals surface area (Å²) in [5.41, 5.74) is 5.57. The van der Waals surface area contributed by atoms with Gasteiger partial charge in [0, 0.05) is 11.1 Å². The second-order valence-corrected chi connectivity index (χ2v) is 6.59. The average Bonchev–Trinajstić information content (AvgIpc) is 2.67. The highest BCUT2D eigenvalue weighted by Crippen LogP contribution is 2.22. The zero-order valence-corrected chi connectivity index (χ0v) is 15.6. The maximum absolute atomic E-state index is 6.09. The fourth-order valence-corrected chi connectivity index (χ4v) is 3.00. The number of benzene rings is 3. The van der Waals surface area contributed by atoms with Crippen LogP contribution < -0.4 is 4.74 Å². The van der Waals surface area contributed by atoms with Crippen LogP contribution in [0.4, 0.5) is 0 Å². The number of aliphatic imine (C=N–C) groups is 1. The summed E-state index contributed by atoms with van der Waals surface area (Å²) in [6.45, 7) is 6.81. The second-order valence-electron chi connectivity index (χ2n) is 6.59. The van der Waals surface area contributed by atoms with Crippen LogP contribution in [0.5, 0.6) is 5.75 Å². The quantitative estimate of drug-likeness (QED) is 0.421. The van der Waals surface area contributed by atoms with E-state index in [9.17, 15) is 0 Å². The Kier molecular flexibility index (Phi) is 5.85. The van der Waals surface area contributed by atoms with Crippen LogP contribution in [-0.2, 0) is 0 Å². The number of nitrogens with zero attached hydrogens (tertiary/aromatic N) is 1. The molecule has 1 unspecified atom stereocenters. The molecule has 0 aliphatic rings. The molecule has 2 heteroatoms. The Morgan fingerprint density at radius 1 is 0.769 bits per heavy atom. The molecule has 1 atom stereocenters. The van der Waals surface area contributed by atoms with Crippen molar-refractivity contribution in [3.63, 3.8) is 0 Å². The molecule has 3 rings (SSSR count). The molecule has 3 aromatic rings. The lowest BCUT2D eigenvalue weighted by atomic mass is 10.0. The minimum Gasteiger partial charge on any atom is -0.491 e. The summed E-state index contributed by atoms with van der Waals surface area (Å²) in [7, 11) is 0. The molecule has 26 heavy (non-hydrogen) atoms. The van der Waals surface area contributed by atoms with Gasteiger partial charge in [0.25, 0.3) is 0 Å². The third-order valence-electron chi connectivity index (χ3n) is 4.32. The average molecular weight is 344 g/mol. The van der Waals surface area contributed by atoms with Gasteiger partial charge in [-0.2, -0.15) is 0 Å². The van der Waals surface area contributed by atoms with Crippen molar-refractivity contribution in [1.29, 1.82) is 0 Å². The van der Waals surface area contributed by atoms with Crippen molar-refractivity contribution >= 4 is 5.71 Å². The fraction of sp³-hybridized carbons (Fsp3) is 0.208. The van der Waals surface area contributed by atoms with Crippen molar-refractivity contribution < 1.29 is 4.74 Å². The molecule has 0 spiro atoms. The molecule has 0 heterocycles. The molecule has 0 aliphatic heterocycles. The number of para-hydroxylation sites is 1. The lowest BCUT2D eigenvalue weighted by Crippen LogP contribution is -2.16. The van der Waals surface area contributed by atoms with Crippen molar-refractivity contribution in [3.05, 3.63) is 101 Å². The number of rotatable bonds is 6. The number of ether oxygens (including phenoxy) is 1. The van der Waals surface area contributed by atoms with Gasteiger partial charge in [0.2, 0.25) is 0 Å². The summed E-state index contributed by atoms with van der Waals surface area (Å²) >= 11 is 0. The van der Waals surface area contributed by atoms with E-state index >= 15 is 0 Å². The van der Waals surface area contributed by atoms with E-state index in [2.05, 4.69) is 63.2 Å². The molecule has 0 bridgehead atoms. The van der Waals surface area contributed by atoms with Crippen molar-refractivity contribution in [2.45, 2.75) is 26.8 Å². The Labute approximate surface area is 156 Å². The summed E-state index contributed by atoms with van der Waals surface area (Å²) in [5, 5.41) is 0. The van der Waals surface area contributed by atoms with Gasteiger partial charge in [-0.15, -0.1) is 0 Å². The van der Waals surface area contributed by atoms with Crippen molar-refractivity contribution in [2.24, 2.45) is 4.99 Å². The maximum atomic E-state index is 6.09. The summed E-state index contributed by atoms with van der Waals surface area (Å²) in [6, 6.07) is 26.9. The van der Waals surface area contributed by atoms with Gasteiger partial charge in [0.15, 0.2) is 0 Å². The van der Waals surface area contributed by atoms with Gasteiger partial charge in [-0.25, -0.2) is 0 Å². The van der Waals surface area contributed by atoms with Gasteiger partial charge in [0.1, 0.15) is 12.4 Å². The molecule has 0 aromatic heterocycles. The van der Waals surface area contributed by atoms with Crippen LogP contribution in [0.1, 0.15) is 29.2 Å². The van der Waals surface area contributed by atoms with E-state index in [1.165, 1.54) is 0 Å². The highest BCUT2D eigenvalue weighted by molar-refractivity contribution is 6.12. The molecule has 2 nitrogen and oxygen atoms in total. The highest BCUT2D eigenvalue weighted by atomic mass is 16.5. The number of hydrogen-bond donors (Lipinski definition) is 0. The van der Waals surface area contributed by atoms with Gasteiger partial charge in [-0.05, 0) is 31.9 Å². The second kappa shape index (κ2) is 8.48. The first kappa shape index (κ1) is 17.9. The standard InChI is InChI=1S/C24H25NO/c1-18-11-10-12-19(2)24(18)26-17-20(3)25-23(21-13-6-4-7-14-21)22-15-8-5-9-16-22/h4-16,20H,17H2,1-3H3/i25+1. The van der Waals surface area contributed by atoms with E-state index in [0.717, 1.165) is 33.7 Å². The van der Waals surface area contributed by atoms with Crippen LogP contribution in [0.2, 0.25) is 0 Å². The Morgan fingerprint density at radius 3 is 1.77 bits per heavy atom. The normalized spacial score (nSPS) is 11.7. The summed E-state index contributed by atoms with van der Waals surface area (Å²) in [6.07, 6.45) is 0. The zero-order chi connectivity index (χ0) is 18.4. The Morgan fingerprint density at radius 2 is 1.27 bits per heavy atom. The first-order valence-electron chi connectivity index (χ1n) is 9.03. The Bertz CT molecular complexity index is 807. The summed E-state index contributed by atoms with van der Waals surface area (Å²) < 4.78 is 6.09. The molecule has 132 valence electrons. The molecule has 0 aliphatic carbocycles. The highest BCUT2D eigenvalue weighted by Gasteiger charge is 2.11. The SMILES string of the molecule is Cc1cccc(C)c1OCC(C)[15N]=C(c1ccccc1)c1ccccc1. The molecule has 0 saturated heterocycles. The number of hydrogen-bond acceptors (Lipinski definition) is 2. The largest absolute Gasteiger partial charge is 0.491 e. The summed E-state index contributed by atoms with van der Waals surface area (Å²) in [5.74, 6) is 0.968. The fourth-order valence-electron chi connectivity index (χ4n) is 3.00. The minimum absolute atomic E-state index is 0.0458. The van der Waals surface area contributed by atoms with E-state index in [1.807, 2.05) is 36.4 Å². The van der Waals surface area contributed by atoms with Crippen molar-refractivity contribution in [1.82, 2.24) is 0 Å². The van der Waals surface area contributed by atoms with Gasteiger partial charge in [-0.1, -0.05) is 78.9 Å². The molecule has 0 saturated carbocycles. The van der Waals surface area contributed by atoms with E-state index < -0.39 is 0 Å². The predicted molar refractivity (Wildman–Crippen MR) is 109 cm³/mol. The first-order chi connectivity index (χ1) is 12.6. The molecule has 0 radical (unpaired) electrons. The van der Waals surface area contributed by atoms with E-state index in [0.29, 0.717) is 6.61 Å². The minimum atomic E-state index is 0.0458. The Balaban J connectivity index is 1.83. The van der Waals surface area contributed by atoms with Crippen LogP contribution in [0, 0.1) is 13.8 Å². The van der Waals surface area contributed by atoms with E-state index in [4.69, 9.17) is 9.73 Å². The first-order valence-corrected chi connectivity index (χ1v) is 9.03. The zero-order valence-electron chi connectivity index (χ0n) is 15.6. The van der Waals surface area contributed by atoms with Crippen LogP contribution >= 0.6 is 0 Å². The predicted octanol–water partition coefficient (Wildman–Crippen LogP) is 5.61. The maximum Gasteiger partial charge on any atom is 0.125 e. The third kappa shape index (κ3) is 4.40. The smallest absolute Gasteiger partial charge is 0.125 e. The molecule has 0 N–H and O–H groups in total. The van der Waals surface area contributed by atoms with Crippen LogP contribution in [0.25, 0.3) is 0 Å². The lowest BCUT2D eigenvalue weighted by molar-refractivity contribution is 0.293. The van der Waals surface area contributed by atoms with E-state index in [-0.39, 0.29) is 6.04 Å². The van der Waals surface area contributed by atoms with Crippen LogP contribution in [0.15, 0.2) is 83.9 Å². The van der Waals surface area contributed by atoms with Gasteiger partial charge >= 0.3 is 0 Å². The van der Waals surface area contributed by atoms with Crippen LogP contribution in [0.3, 0.4) is 0 Å². The van der Waals surface area contributed by atoms with Gasteiger partial charge < -0.3 is 4.74 Å². The monoisotopic (exact) mass is 344 g/mol. The topological polar surface area (TPSA) is 21.6 Å². The summed E-state index contributed by atoms with van der Waals surface area (Å²) in [4.78, 5) is 4.98. The molecule has 0 amide bonds. The van der Waals surface area contributed by atoms with E-state index in [1.54, 1.807) is 0 Å². The van der Waals surface area contributed by atoms with Gasteiger partial charge in [0.05, 0.1) is 11.8 Å². The van der Waals surface area contributed by atoms with Crippen molar-refractivity contribution in [3.8, 4) is 5.75 Å². The number of aryl methyl sites for hydroxylation is 2. The molecular formula is C24H25NO. The van der Waals surface area contributed by atoms with Crippen molar-refractivity contribution in [2.75, 3.05) is 6.61 Å². The molecule has 3 aromatic carbocycles. The molecular weight excluding hydrogens is 319 g/mol. The van der Waals surface area contributed by atoms with Gasteiger partial charge in [-0.3, -0.25) is 4.99 Å². The third-order valence-corrected chi connectivity index (χ3v) is 4.32. The van der Waals surface area contributed by atoms with Crippen LogP contribution in [-0.4, -0.2) is 18.4 Å². The lowest BCUT2D eigenvalue weighted by Gasteiger charge is -2.16. The molecule has 0 fully saturated rings. The Hall–Kier alpha value is -2.87.